The molecule has 80 heavy (non-hydrogen) atoms. The van der Waals surface area contributed by atoms with Crippen molar-refractivity contribution in [3.8, 4) is 0 Å². The molecule has 0 aliphatic carbocycles. The number of hydrogen-bond donors (Lipinski definition) is 0. The topological polar surface area (TPSA) is 78.9 Å². The first-order valence-corrected chi connectivity index (χ1v) is 33.2. The lowest BCUT2D eigenvalue weighted by Crippen LogP contribution is -2.30. The highest BCUT2D eigenvalue weighted by Crippen LogP contribution is 2.16. The number of hydrogen-bond acceptors (Lipinski definition) is 6. The van der Waals surface area contributed by atoms with Crippen LogP contribution >= 0.6 is 0 Å². The van der Waals surface area contributed by atoms with Gasteiger partial charge in [-0.05, 0) is 116 Å². The average Bonchev–Trinajstić information content (AvgIpc) is 3.46. The second-order valence-corrected chi connectivity index (χ2v) is 21.6. The van der Waals surface area contributed by atoms with Crippen molar-refractivity contribution in [2.24, 2.45) is 0 Å². The Hall–Kier alpha value is -4.45. The van der Waals surface area contributed by atoms with Crippen molar-refractivity contribution in [2.45, 2.75) is 303 Å². The van der Waals surface area contributed by atoms with Crippen LogP contribution in [-0.2, 0) is 28.6 Å². The van der Waals surface area contributed by atoms with Crippen LogP contribution in [0.4, 0.5) is 0 Å². The second kappa shape index (κ2) is 67.1. The van der Waals surface area contributed by atoms with E-state index in [0.29, 0.717) is 12.8 Å². The van der Waals surface area contributed by atoms with Gasteiger partial charge in [-0.15, -0.1) is 0 Å². The summed E-state index contributed by atoms with van der Waals surface area (Å²) >= 11 is 0. The summed E-state index contributed by atoms with van der Waals surface area (Å²) in [6.45, 7) is 6.36. The van der Waals surface area contributed by atoms with Crippen LogP contribution in [0, 0.1) is 0 Å². The predicted molar refractivity (Wildman–Crippen MR) is 348 cm³/mol. The third kappa shape index (κ3) is 64.4. The van der Waals surface area contributed by atoms with Crippen LogP contribution in [0.15, 0.2) is 134 Å². The van der Waals surface area contributed by atoms with Crippen molar-refractivity contribution >= 4 is 17.9 Å². The summed E-state index contributed by atoms with van der Waals surface area (Å²) in [4.78, 5) is 38.1. The zero-order chi connectivity index (χ0) is 57.8. The van der Waals surface area contributed by atoms with Gasteiger partial charge in [0, 0.05) is 19.3 Å². The maximum atomic E-state index is 12.9. The van der Waals surface area contributed by atoms with Crippen LogP contribution in [0.2, 0.25) is 0 Å². The van der Waals surface area contributed by atoms with Crippen molar-refractivity contribution in [1.29, 1.82) is 0 Å². The Kier molecular flexibility index (Phi) is 63.3. The normalized spacial score (nSPS) is 13.0. The van der Waals surface area contributed by atoms with Crippen LogP contribution in [0.25, 0.3) is 0 Å². The summed E-state index contributed by atoms with van der Waals surface area (Å²) in [5.41, 5.74) is 0. The molecule has 0 amide bonds. The smallest absolute Gasteiger partial charge is 0.306 e. The molecule has 0 fully saturated rings. The van der Waals surface area contributed by atoms with E-state index in [4.69, 9.17) is 14.2 Å². The summed E-state index contributed by atoms with van der Waals surface area (Å²) in [6.07, 6.45) is 94.9. The highest BCUT2D eigenvalue weighted by Gasteiger charge is 2.19. The van der Waals surface area contributed by atoms with Gasteiger partial charge >= 0.3 is 17.9 Å². The molecule has 0 N–H and O–H groups in total. The summed E-state index contributed by atoms with van der Waals surface area (Å²) in [5.74, 6) is -0.923. The lowest BCUT2D eigenvalue weighted by atomic mass is 10.0. The second-order valence-electron chi connectivity index (χ2n) is 21.6. The van der Waals surface area contributed by atoms with E-state index < -0.39 is 6.10 Å². The summed E-state index contributed by atoms with van der Waals surface area (Å²) in [6, 6.07) is 0. The molecular weight excluding hydrogens is 985 g/mol. The van der Waals surface area contributed by atoms with Gasteiger partial charge in [0.05, 0.1) is 0 Å². The molecule has 0 bridgehead atoms. The van der Waals surface area contributed by atoms with Crippen molar-refractivity contribution in [3.05, 3.63) is 134 Å². The first-order chi connectivity index (χ1) is 39.5. The average molecular weight is 1110 g/mol. The molecule has 0 aromatic carbocycles. The van der Waals surface area contributed by atoms with Gasteiger partial charge in [0.25, 0.3) is 0 Å². The molecule has 6 nitrogen and oxygen atoms in total. The molecule has 0 spiro atoms. The fourth-order valence-electron chi connectivity index (χ4n) is 9.00. The largest absolute Gasteiger partial charge is 0.462 e. The van der Waals surface area contributed by atoms with Gasteiger partial charge in [-0.3, -0.25) is 14.4 Å². The van der Waals surface area contributed by atoms with Gasteiger partial charge in [-0.1, -0.05) is 296 Å². The molecule has 0 radical (unpaired) electrons. The zero-order valence-electron chi connectivity index (χ0n) is 52.0. The number of unbranched alkanes of at least 4 members (excludes halogenated alkanes) is 26. The van der Waals surface area contributed by atoms with Crippen LogP contribution in [0.5, 0.6) is 0 Å². The van der Waals surface area contributed by atoms with Crippen molar-refractivity contribution < 1.29 is 28.6 Å². The highest BCUT2D eigenvalue weighted by atomic mass is 16.6. The monoisotopic (exact) mass is 1110 g/mol. The fraction of sp³-hybridized carbons (Fsp3) is 0.662. The Balaban J connectivity index is 4.11. The lowest BCUT2D eigenvalue weighted by molar-refractivity contribution is -0.167. The molecule has 0 aliphatic heterocycles. The molecule has 0 aliphatic rings. The molecule has 0 saturated heterocycles. The number of rotatable bonds is 59. The van der Waals surface area contributed by atoms with E-state index >= 15 is 0 Å². The first kappa shape index (κ1) is 75.5. The summed E-state index contributed by atoms with van der Waals surface area (Å²) in [7, 11) is 0. The standard InChI is InChI=1S/C74H122O6/c1-4-7-10-13-16-19-21-23-25-27-29-30-31-32-33-34-35-36-37-38-39-40-41-42-43-44-46-47-49-51-53-55-58-61-64-67-73(76)79-70-71(69-78-72(75)66-63-60-57-18-15-12-9-6-3)80-74(77)68-65-62-59-56-54-52-50-48-45-28-26-24-22-20-17-14-11-8-5-2/h7-8,10-11,16-17,19-20,23-26,29-30,32-33,35-36,45,48,52,54,71H,4-6,9,12-15,18,21-22,27-28,31,34,37-44,46-47,49-51,53,55-70H2,1-3H3/b10-7-,11-8-,19-16-,20-17-,25-23-,26-24-,30-29-,33-32-,36-35-,48-45-,54-52-. The van der Waals surface area contributed by atoms with Crippen LogP contribution in [-0.4, -0.2) is 37.2 Å². The molecule has 0 aromatic heterocycles. The number of esters is 3. The quantitative estimate of drug-likeness (QED) is 0.0261. The Morgan fingerprint density at radius 3 is 0.775 bits per heavy atom. The van der Waals surface area contributed by atoms with Crippen molar-refractivity contribution in [1.82, 2.24) is 0 Å². The molecule has 6 heteroatoms. The molecule has 454 valence electrons. The Labute approximate surface area is 494 Å². The maximum Gasteiger partial charge on any atom is 0.306 e. The molecule has 1 unspecified atom stereocenters. The van der Waals surface area contributed by atoms with Crippen molar-refractivity contribution in [3.63, 3.8) is 0 Å². The minimum atomic E-state index is -0.796. The molecule has 0 saturated carbocycles. The van der Waals surface area contributed by atoms with Crippen LogP contribution < -0.4 is 0 Å². The van der Waals surface area contributed by atoms with Gasteiger partial charge in [-0.2, -0.15) is 0 Å². The molecule has 0 heterocycles. The van der Waals surface area contributed by atoms with Crippen LogP contribution in [0.1, 0.15) is 297 Å². The maximum absolute atomic E-state index is 12.9. The highest BCUT2D eigenvalue weighted by molar-refractivity contribution is 5.71. The van der Waals surface area contributed by atoms with E-state index in [-0.39, 0.29) is 37.5 Å². The molecule has 0 aromatic rings. The fourth-order valence-corrected chi connectivity index (χ4v) is 9.00. The SMILES string of the molecule is CC/C=C\C/C=C\C/C=C\C/C=C\C/C=C\C/C=C\CCCCCCCCCCCCCCCCCCC(=O)OCC(COC(=O)CCCCCCCCCC)OC(=O)CCCCC/C=C\C/C=C\C/C=C\C/C=C\C/C=C\CC. The third-order valence-electron chi connectivity index (χ3n) is 13.9. The van der Waals surface area contributed by atoms with E-state index in [1.807, 2.05) is 0 Å². The minimum absolute atomic E-state index is 0.0910. The predicted octanol–water partition coefficient (Wildman–Crippen LogP) is 22.9. The van der Waals surface area contributed by atoms with Gasteiger partial charge in [0.1, 0.15) is 13.2 Å². The van der Waals surface area contributed by atoms with E-state index in [0.717, 1.165) is 135 Å². The number of carbonyl (C=O) groups excluding carboxylic acids is 3. The van der Waals surface area contributed by atoms with Gasteiger partial charge in [0.15, 0.2) is 6.10 Å². The van der Waals surface area contributed by atoms with Crippen molar-refractivity contribution in [2.75, 3.05) is 13.2 Å². The number of allylic oxidation sites excluding steroid dienone is 22. The van der Waals surface area contributed by atoms with E-state index in [2.05, 4.69) is 154 Å². The van der Waals surface area contributed by atoms with E-state index in [9.17, 15) is 14.4 Å². The van der Waals surface area contributed by atoms with Gasteiger partial charge in [-0.25, -0.2) is 0 Å². The molecular formula is C74H122O6. The molecule has 0 rings (SSSR count). The van der Waals surface area contributed by atoms with Gasteiger partial charge in [0.2, 0.25) is 0 Å². The summed E-state index contributed by atoms with van der Waals surface area (Å²) < 4.78 is 16.8. The Bertz CT molecular complexity index is 1700. The van der Waals surface area contributed by atoms with E-state index in [1.165, 1.54) is 122 Å². The third-order valence-corrected chi connectivity index (χ3v) is 13.9. The molecule has 1 atom stereocenters. The zero-order valence-corrected chi connectivity index (χ0v) is 52.0. The first-order valence-electron chi connectivity index (χ1n) is 33.2. The minimum Gasteiger partial charge on any atom is -0.462 e. The summed E-state index contributed by atoms with van der Waals surface area (Å²) in [5, 5.41) is 0. The number of ether oxygens (including phenoxy) is 3. The van der Waals surface area contributed by atoms with Gasteiger partial charge < -0.3 is 14.2 Å². The van der Waals surface area contributed by atoms with Crippen LogP contribution in [0.3, 0.4) is 0 Å². The Morgan fingerprint density at radius 2 is 0.487 bits per heavy atom. The van der Waals surface area contributed by atoms with E-state index in [1.54, 1.807) is 0 Å². The lowest BCUT2D eigenvalue weighted by Gasteiger charge is -2.18. The Morgan fingerprint density at radius 1 is 0.263 bits per heavy atom. The number of carbonyl (C=O) groups is 3.